The lowest BCUT2D eigenvalue weighted by atomic mass is 9.98. The highest BCUT2D eigenvalue weighted by molar-refractivity contribution is 5.87. The van der Waals surface area contributed by atoms with Crippen LogP contribution < -0.4 is 5.73 Å². The second kappa shape index (κ2) is 7.67. The number of carbonyl (C=O) groups is 2. The number of carbonyl (C=O) groups excluding carboxylic acids is 2. The van der Waals surface area contributed by atoms with Crippen molar-refractivity contribution in [3.05, 3.63) is 29.8 Å². The molecule has 0 aliphatic heterocycles. The Kier molecular flexibility index (Phi) is 6.21. The molecule has 21 heavy (non-hydrogen) atoms. The summed E-state index contributed by atoms with van der Waals surface area (Å²) in [6.45, 7) is 7.60. The van der Waals surface area contributed by atoms with Gasteiger partial charge in [0.2, 0.25) is 5.91 Å². The van der Waals surface area contributed by atoms with E-state index in [0.717, 1.165) is 5.56 Å². The van der Waals surface area contributed by atoms with Gasteiger partial charge in [-0.1, -0.05) is 12.1 Å². The van der Waals surface area contributed by atoms with Crippen molar-refractivity contribution >= 4 is 17.6 Å². The first-order chi connectivity index (χ1) is 9.86. The van der Waals surface area contributed by atoms with E-state index in [1.807, 2.05) is 32.9 Å². The van der Waals surface area contributed by atoms with E-state index < -0.39 is 0 Å². The molecule has 1 aromatic rings. The molecule has 0 aliphatic rings. The van der Waals surface area contributed by atoms with Crippen molar-refractivity contribution in [2.45, 2.75) is 39.7 Å². The number of anilines is 1. The van der Waals surface area contributed by atoms with Gasteiger partial charge in [0.05, 0.1) is 12.5 Å². The highest BCUT2D eigenvalue weighted by Gasteiger charge is 2.26. The van der Waals surface area contributed by atoms with Gasteiger partial charge in [-0.3, -0.25) is 9.59 Å². The lowest BCUT2D eigenvalue weighted by Gasteiger charge is -2.28. The van der Waals surface area contributed by atoms with Crippen LogP contribution in [-0.4, -0.2) is 36.0 Å². The molecule has 0 aliphatic carbocycles. The van der Waals surface area contributed by atoms with Crippen LogP contribution in [0.3, 0.4) is 0 Å². The normalized spacial score (nSPS) is 12.0. The molecular formula is C16H24N2O3. The molecule has 2 N–H and O–H groups in total. The van der Waals surface area contributed by atoms with Crippen molar-refractivity contribution in [1.82, 2.24) is 4.90 Å². The van der Waals surface area contributed by atoms with E-state index >= 15 is 0 Å². The predicted octanol–water partition coefficient (Wildman–Crippen LogP) is 2.17. The molecule has 0 fully saturated rings. The van der Waals surface area contributed by atoms with E-state index in [2.05, 4.69) is 0 Å². The Bertz CT molecular complexity index is 500. The molecule has 0 aromatic heterocycles. The number of amides is 1. The maximum atomic E-state index is 12.6. The summed E-state index contributed by atoms with van der Waals surface area (Å²) >= 11 is 0. The van der Waals surface area contributed by atoms with Crippen LogP contribution in [-0.2, 0) is 14.3 Å². The molecule has 0 saturated heterocycles. The number of benzene rings is 1. The van der Waals surface area contributed by atoms with E-state index in [0.29, 0.717) is 12.3 Å². The number of nitrogens with zero attached hydrogens (tertiary/aromatic N) is 1. The molecule has 0 heterocycles. The third kappa shape index (κ3) is 4.77. The summed E-state index contributed by atoms with van der Waals surface area (Å²) in [4.78, 5) is 25.8. The number of hydrogen-bond acceptors (Lipinski definition) is 4. The summed E-state index contributed by atoms with van der Waals surface area (Å²) in [7, 11) is 0. The van der Waals surface area contributed by atoms with Gasteiger partial charge in [0.25, 0.3) is 0 Å². The standard InChI is InChI=1S/C16H24N2O3/c1-5-21-15(19)10-18(11(2)3)16(20)12(4)13-7-6-8-14(17)9-13/h6-9,11-12H,5,10,17H2,1-4H3. The molecule has 5 nitrogen and oxygen atoms in total. The zero-order valence-corrected chi connectivity index (χ0v) is 13.1. The first-order valence-electron chi connectivity index (χ1n) is 7.18. The molecule has 0 radical (unpaired) electrons. The lowest BCUT2D eigenvalue weighted by Crippen LogP contribution is -2.43. The van der Waals surface area contributed by atoms with Crippen LogP contribution in [0.15, 0.2) is 24.3 Å². The predicted molar refractivity (Wildman–Crippen MR) is 82.8 cm³/mol. The molecule has 0 saturated carbocycles. The van der Waals surface area contributed by atoms with E-state index in [4.69, 9.17) is 10.5 Å². The lowest BCUT2D eigenvalue weighted by molar-refractivity contribution is -0.150. The number of ether oxygens (including phenoxy) is 1. The third-order valence-corrected chi connectivity index (χ3v) is 3.29. The van der Waals surface area contributed by atoms with Crippen molar-refractivity contribution in [3.63, 3.8) is 0 Å². The Morgan fingerprint density at radius 3 is 2.48 bits per heavy atom. The number of esters is 1. The van der Waals surface area contributed by atoms with Gasteiger partial charge in [0.15, 0.2) is 0 Å². The maximum absolute atomic E-state index is 12.6. The van der Waals surface area contributed by atoms with Crippen molar-refractivity contribution in [2.75, 3.05) is 18.9 Å². The number of hydrogen-bond donors (Lipinski definition) is 1. The van der Waals surface area contributed by atoms with Crippen LogP contribution in [0.1, 0.15) is 39.2 Å². The van der Waals surface area contributed by atoms with Crippen molar-refractivity contribution in [2.24, 2.45) is 0 Å². The Labute approximate surface area is 126 Å². The van der Waals surface area contributed by atoms with Crippen molar-refractivity contribution in [1.29, 1.82) is 0 Å². The monoisotopic (exact) mass is 292 g/mol. The molecule has 116 valence electrons. The second-order valence-electron chi connectivity index (χ2n) is 5.26. The van der Waals surface area contributed by atoms with Gasteiger partial charge in [-0.15, -0.1) is 0 Å². The fraction of sp³-hybridized carbons (Fsp3) is 0.500. The van der Waals surface area contributed by atoms with Gasteiger partial charge in [-0.2, -0.15) is 0 Å². The summed E-state index contributed by atoms with van der Waals surface area (Å²) in [6.07, 6.45) is 0. The van der Waals surface area contributed by atoms with Crippen LogP contribution >= 0.6 is 0 Å². The molecule has 5 heteroatoms. The highest BCUT2D eigenvalue weighted by atomic mass is 16.5. The molecule has 1 unspecified atom stereocenters. The van der Waals surface area contributed by atoms with Gasteiger partial charge >= 0.3 is 5.97 Å². The first-order valence-corrected chi connectivity index (χ1v) is 7.18. The molecule has 1 rings (SSSR count). The number of nitrogens with two attached hydrogens (primary N) is 1. The smallest absolute Gasteiger partial charge is 0.325 e. The minimum Gasteiger partial charge on any atom is -0.465 e. The second-order valence-corrected chi connectivity index (χ2v) is 5.26. The average Bonchev–Trinajstić information content (AvgIpc) is 2.43. The van der Waals surface area contributed by atoms with Crippen molar-refractivity contribution < 1.29 is 14.3 Å². The first kappa shape index (κ1) is 17.0. The molecular weight excluding hydrogens is 268 g/mol. The largest absolute Gasteiger partial charge is 0.465 e. The minimum absolute atomic E-state index is 0.0308. The van der Waals surface area contributed by atoms with E-state index in [-0.39, 0.29) is 30.4 Å². The highest BCUT2D eigenvalue weighted by Crippen LogP contribution is 2.21. The zero-order valence-electron chi connectivity index (χ0n) is 13.1. The minimum atomic E-state index is -0.390. The Morgan fingerprint density at radius 2 is 1.95 bits per heavy atom. The molecule has 1 atom stereocenters. The topological polar surface area (TPSA) is 72.6 Å². The van der Waals surface area contributed by atoms with Gasteiger partial charge < -0.3 is 15.4 Å². The summed E-state index contributed by atoms with van der Waals surface area (Å²) in [6, 6.07) is 7.16. The van der Waals surface area contributed by atoms with Crippen LogP contribution in [0.5, 0.6) is 0 Å². The fourth-order valence-electron chi connectivity index (χ4n) is 2.08. The van der Waals surface area contributed by atoms with E-state index in [9.17, 15) is 9.59 Å². The van der Waals surface area contributed by atoms with Gasteiger partial charge in [0, 0.05) is 11.7 Å². The molecule has 0 spiro atoms. The Balaban J connectivity index is 2.87. The average molecular weight is 292 g/mol. The van der Waals surface area contributed by atoms with Crippen LogP contribution in [0.4, 0.5) is 5.69 Å². The summed E-state index contributed by atoms with van der Waals surface area (Å²) < 4.78 is 4.92. The van der Waals surface area contributed by atoms with Gasteiger partial charge in [0.1, 0.15) is 6.54 Å². The van der Waals surface area contributed by atoms with Crippen LogP contribution in [0, 0.1) is 0 Å². The van der Waals surface area contributed by atoms with E-state index in [1.54, 1.807) is 19.1 Å². The van der Waals surface area contributed by atoms with Crippen LogP contribution in [0.2, 0.25) is 0 Å². The third-order valence-electron chi connectivity index (χ3n) is 3.29. The fourth-order valence-corrected chi connectivity index (χ4v) is 2.08. The summed E-state index contributed by atoms with van der Waals surface area (Å²) in [5.41, 5.74) is 7.21. The molecule has 1 amide bonds. The number of rotatable bonds is 6. The zero-order chi connectivity index (χ0) is 16.0. The molecule has 1 aromatic carbocycles. The molecule has 0 bridgehead atoms. The summed E-state index contributed by atoms with van der Waals surface area (Å²) in [5, 5.41) is 0. The summed E-state index contributed by atoms with van der Waals surface area (Å²) in [5.74, 6) is -0.853. The van der Waals surface area contributed by atoms with Gasteiger partial charge in [-0.05, 0) is 45.4 Å². The Hall–Kier alpha value is -2.04. The number of nitrogen functional groups attached to an aromatic ring is 1. The SMILES string of the molecule is CCOC(=O)CN(C(=O)C(C)c1cccc(N)c1)C(C)C. The Morgan fingerprint density at radius 1 is 1.29 bits per heavy atom. The maximum Gasteiger partial charge on any atom is 0.325 e. The van der Waals surface area contributed by atoms with Gasteiger partial charge in [-0.25, -0.2) is 0 Å². The quantitative estimate of drug-likeness (QED) is 0.644. The van der Waals surface area contributed by atoms with Crippen molar-refractivity contribution in [3.8, 4) is 0 Å². The van der Waals surface area contributed by atoms with E-state index in [1.165, 1.54) is 4.90 Å². The van der Waals surface area contributed by atoms with Crippen LogP contribution in [0.25, 0.3) is 0 Å².